The summed E-state index contributed by atoms with van der Waals surface area (Å²) in [6.07, 6.45) is 1.78. The molecule has 0 aliphatic rings. The predicted molar refractivity (Wildman–Crippen MR) is 109 cm³/mol. The maximum Gasteiger partial charge on any atom is 0.170 e. The number of ether oxygens (including phenoxy) is 1. The van der Waals surface area contributed by atoms with Crippen LogP contribution in [0.4, 0.5) is 0 Å². The van der Waals surface area contributed by atoms with Gasteiger partial charge in [-0.2, -0.15) is 0 Å². The van der Waals surface area contributed by atoms with E-state index in [9.17, 15) is 14.4 Å². The third-order valence-electron chi connectivity index (χ3n) is 4.26. The maximum absolute atomic E-state index is 10.9. The number of phosphoric acid groups is 1. The average Bonchev–Trinajstić information content (AvgIpc) is 3.03. The zero-order chi connectivity index (χ0) is 20.6. The van der Waals surface area contributed by atoms with Gasteiger partial charge in [0.05, 0.1) is 23.9 Å². The fourth-order valence-electron chi connectivity index (χ4n) is 2.99. The molecule has 0 unspecified atom stereocenters. The molecule has 3 aromatic carbocycles. The fraction of sp³-hybridized carbons (Fsp3) is 0.105. The summed E-state index contributed by atoms with van der Waals surface area (Å²) in [5.74, 6) is 0.997. The first kappa shape index (κ1) is 20.2. The summed E-state index contributed by atoms with van der Waals surface area (Å²) in [5, 5.41) is 2.77. The van der Waals surface area contributed by atoms with Crippen molar-refractivity contribution in [2.24, 2.45) is 0 Å². The van der Waals surface area contributed by atoms with Crippen LogP contribution in [0.15, 0.2) is 59.8 Å². The van der Waals surface area contributed by atoms with Gasteiger partial charge in [-0.3, -0.25) is 4.57 Å². The number of phosphoric ester groups is 1. The predicted octanol–water partition coefficient (Wildman–Crippen LogP) is 4.16. The number of benzene rings is 3. The van der Waals surface area contributed by atoms with E-state index in [4.69, 9.17) is 16.3 Å². The second-order valence-corrected chi connectivity index (χ2v) is 8.42. The van der Waals surface area contributed by atoms with Crippen molar-refractivity contribution < 1.29 is 23.6 Å². The SMILES string of the molecule is CSc1nc2cc(Cl)c(Oc3cccc4ccccc34)cc2n1COP(=O)([O-])[O-]. The highest BCUT2D eigenvalue weighted by Gasteiger charge is 2.15. The van der Waals surface area contributed by atoms with Gasteiger partial charge in [0.1, 0.15) is 18.2 Å². The van der Waals surface area contributed by atoms with Gasteiger partial charge in [0.15, 0.2) is 5.16 Å². The number of halogens is 1. The number of hydrogen-bond acceptors (Lipinski definition) is 7. The molecular weight excluding hydrogens is 435 g/mol. The Balaban J connectivity index is 1.78. The standard InChI is InChI=1S/C19H16ClN2O5PS/c1-29-19-21-15-9-14(20)18(10-16(15)22(19)11-26-28(23,24)25)27-17-8-4-6-12-5-2-3-7-13(12)17/h2-10H,11H2,1H3,(H2,23,24,25)/p-2. The Morgan fingerprint density at radius 1 is 1.14 bits per heavy atom. The molecular formula is C19H14ClN2O5PS-2. The van der Waals surface area contributed by atoms with Crippen LogP contribution >= 0.6 is 31.2 Å². The quantitative estimate of drug-likeness (QED) is 0.322. The Morgan fingerprint density at radius 3 is 2.66 bits per heavy atom. The Bertz CT molecular complexity index is 1250. The monoisotopic (exact) mass is 448 g/mol. The Kier molecular flexibility index (Phi) is 5.57. The van der Waals surface area contributed by atoms with Crippen molar-refractivity contribution in [3.8, 4) is 11.5 Å². The smallest absolute Gasteiger partial charge is 0.170 e. The summed E-state index contributed by atoms with van der Waals surface area (Å²) >= 11 is 7.69. The molecule has 7 nitrogen and oxygen atoms in total. The zero-order valence-corrected chi connectivity index (χ0v) is 17.5. The second kappa shape index (κ2) is 7.99. The molecule has 0 bridgehead atoms. The molecule has 1 heterocycles. The van der Waals surface area contributed by atoms with Crippen LogP contribution in [0.5, 0.6) is 11.5 Å². The van der Waals surface area contributed by atoms with Gasteiger partial charge in [-0.05, 0) is 23.8 Å². The highest BCUT2D eigenvalue weighted by Crippen LogP contribution is 2.38. The molecule has 4 rings (SSSR count). The Hall–Kier alpha value is -2.06. The number of thioether (sulfide) groups is 1. The van der Waals surface area contributed by atoms with Crippen molar-refractivity contribution in [3.05, 3.63) is 59.6 Å². The van der Waals surface area contributed by atoms with E-state index in [-0.39, 0.29) is 0 Å². The third kappa shape index (κ3) is 4.28. The van der Waals surface area contributed by atoms with E-state index < -0.39 is 14.6 Å². The van der Waals surface area contributed by atoms with Gasteiger partial charge in [-0.25, -0.2) is 4.98 Å². The summed E-state index contributed by atoms with van der Waals surface area (Å²) < 4.78 is 22.9. The molecule has 0 aliphatic carbocycles. The minimum atomic E-state index is -5.13. The highest BCUT2D eigenvalue weighted by molar-refractivity contribution is 7.98. The van der Waals surface area contributed by atoms with Gasteiger partial charge < -0.3 is 23.6 Å². The fourth-order valence-corrected chi connectivity index (χ4v) is 4.01. The topological polar surface area (TPSA) is 99.5 Å². The second-order valence-electron chi connectivity index (χ2n) is 6.08. The molecule has 1 aromatic heterocycles. The van der Waals surface area contributed by atoms with Gasteiger partial charge in [0.2, 0.25) is 0 Å². The molecule has 0 saturated carbocycles. The van der Waals surface area contributed by atoms with E-state index in [1.807, 2.05) is 42.5 Å². The van der Waals surface area contributed by atoms with Gasteiger partial charge in [0, 0.05) is 11.5 Å². The first-order valence-electron chi connectivity index (χ1n) is 8.42. The minimum absolute atomic E-state index is 0.349. The first-order valence-corrected chi connectivity index (χ1v) is 11.5. The van der Waals surface area contributed by atoms with Crippen LogP contribution in [0.1, 0.15) is 0 Å². The lowest BCUT2D eigenvalue weighted by Crippen LogP contribution is -2.18. The highest BCUT2D eigenvalue weighted by atomic mass is 35.5. The molecule has 0 amide bonds. The summed E-state index contributed by atoms with van der Waals surface area (Å²) in [6, 6.07) is 16.8. The number of imidazole rings is 1. The maximum atomic E-state index is 10.9. The van der Waals surface area contributed by atoms with Crippen LogP contribution < -0.4 is 14.5 Å². The summed E-state index contributed by atoms with van der Waals surface area (Å²) in [4.78, 5) is 26.2. The molecule has 0 aliphatic heterocycles. The van der Waals surface area contributed by atoms with Crippen LogP contribution in [0.3, 0.4) is 0 Å². The van der Waals surface area contributed by atoms with E-state index in [1.165, 1.54) is 16.3 Å². The molecule has 0 spiro atoms. The van der Waals surface area contributed by atoms with Crippen molar-refractivity contribution in [3.63, 3.8) is 0 Å². The largest absolute Gasteiger partial charge is 0.790 e. The van der Waals surface area contributed by atoms with Crippen LogP contribution in [0, 0.1) is 0 Å². The molecule has 150 valence electrons. The minimum Gasteiger partial charge on any atom is -0.790 e. The molecule has 0 saturated heterocycles. The van der Waals surface area contributed by atoms with Crippen LogP contribution in [-0.2, 0) is 15.8 Å². The van der Waals surface area contributed by atoms with Crippen molar-refractivity contribution >= 4 is 53.0 Å². The summed E-state index contributed by atoms with van der Waals surface area (Å²) in [6.45, 7) is -0.480. The normalized spacial score (nSPS) is 12.0. The molecule has 29 heavy (non-hydrogen) atoms. The van der Waals surface area contributed by atoms with Crippen LogP contribution in [0.2, 0.25) is 5.02 Å². The lowest BCUT2D eigenvalue weighted by atomic mass is 10.1. The Morgan fingerprint density at radius 2 is 1.90 bits per heavy atom. The Labute approximate surface area is 175 Å². The third-order valence-corrected chi connectivity index (χ3v) is 5.67. The average molecular weight is 449 g/mol. The van der Waals surface area contributed by atoms with E-state index in [0.717, 1.165) is 10.8 Å². The van der Waals surface area contributed by atoms with Gasteiger partial charge in [-0.1, -0.05) is 59.8 Å². The molecule has 0 fully saturated rings. The number of fused-ring (bicyclic) bond motifs is 2. The van der Waals surface area contributed by atoms with Crippen LogP contribution in [-0.4, -0.2) is 15.8 Å². The van der Waals surface area contributed by atoms with E-state index in [0.29, 0.717) is 32.7 Å². The molecule has 0 atom stereocenters. The zero-order valence-electron chi connectivity index (χ0n) is 15.1. The van der Waals surface area contributed by atoms with Crippen molar-refractivity contribution in [2.75, 3.05) is 6.26 Å². The first-order chi connectivity index (χ1) is 13.9. The number of nitrogens with zero attached hydrogens (tertiary/aromatic N) is 2. The summed E-state index contributed by atoms with van der Waals surface area (Å²) in [5.41, 5.74) is 1.06. The molecule has 0 N–H and O–H groups in total. The number of rotatable bonds is 6. The van der Waals surface area contributed by atoms with Gasteiger partial charge in [-0.15, -0.1) is 0 Å². The van der Waals surface area contributed by atoms with Crippen molar-refractivity contribution in [1.29, 1.82) is 0 Å². The van der Waals surface area contributed by atoms with E-state index >= 15 is 0 Å². The molecule has 10 heteroatoms. The number of aromatic nitrogens is 2. The van der Waals surface area contributed by atoms with Crippen molar-refractivity contribution in [1.82, 2.24) is 9.55 Å². The van der Waals surface area contributed by atoms with E-state index in [2.05, 4.69) is 9.51 Å². The van der Waals surface area contributed by atoms with Gasteiger partial charge in [0.25, 0.3) is 0 Å². The van der Waals surface area contributed by atoms with E-state index in [1.54, 1.807) is 18.4 Å². The van der Waals surface area contributed by atoms with Crippen molar-refractivity contribution in [2.45, 2.75) is 11.9 Å². The lowest BCUT2D eigenvalue weighted by molar-refractivity contribution is -0.344. The number of hydrogen-bond donors (Lipinski definition) is 0. The van der Waals surface area contributed by atoms with Gasteiger partial charge >= 0.3 is 0 Å². The van der Waals surface area contributed by atoms with Crippen LogP contribution in [0.25, 0.3) is 21.8 Å². The molecule has 0 radical (unpaired) electrons. The lowest BCUT2D eigenvalue weighted by Gasteiger charge is -2.28. The summed E-state index contributed by atoms with van der Waals surface area (Å²) in [7, 11) is -5.13. The molecule has 4 aromatic rings.